The van der Waals surface area contributed by atoms with Crippen molar-refractivity contribution in [2.75, 3.05) is 24.7 Å². The van der Waals surface area contributed by atoms with Gasteiger partial charge in [-0.15, -0.1) is 0 Å². The summed E-state index contributed by atoms with van der Waals surface area (Å²) in [6.45, 7) is 0.869. The van der Waals surface area contributed by atoms with E-state index in [4.69, 9.17) is 10.00 Å². The van der Waals surface area contributed by atoms with Crippen molar-refractivity contribution in [2.24, 2.45) is 4.99 Å². The molecule has 0 atom stereocenters. The molecule has 0 radical (unpaired) electrons. The van der Waals surface area contributed by atoms with Gasteiger partial charge < -0.3 is 10.1 Å². The number of hydrogen-bond acceptors (Lipinski definition) is 5. The Morgan fingerprint density at radius 3 is 3.06 bits per heavy atom. The third-order valence-corrected chi connectivity index (χ3v) is 3.37. The zero-order valence-corrected chi connectivity index (χ0v) is 10.4. The number of hydrogen-bond donors (Lipinski definition) is 1. The Kier molecular flexibility index (Phi) is 3.89. The number of anilines is 1. The summed E-state index contributed by atoms with van der Waals surface area (Å²) in [7, 11) is 1.59. The Morgan fingerprint density at radius 2 is 2.41 bits per heavy atom. The lowest BCUT2D eigenvalue weighted by atomic mass is 10.2. The largest absolute Gasteiger partial charge is 0.495 e. The van der Waals surface area contributed by atoms with E-state index < -0.39 is 0 Å². The van der Waals surface area contributed by atoms with Crippen molar-refractivity contribution in [3.05, 3.63) is 23.8 Å². The van der Waals surface area contributed by atoms with E-state index in [2.05, 4.69) is 16.4 Å². The molecule has 0 amide bonds. The molecule has 5 heteroatoms. The second-order valence-corrected chi connectivity index (χ2v) is 4.62. The first kappa shape index (κ1) is 11.8. The van der Waals surface area contributed by atoms with Crippen LogP contribution in [0.3, 0.4) is 0 Å². The summed E-state index contributed by atoms with van der Waals surface area (Å²) < 4.78 is 5.25. The van der Waals surface area contributed by atoms with Crippen molar-refractivity contribution in [1.29, 1.82) is 5.26 Å². The van der Waals surface area contributed by atoms with E-state index in [1.54, 1.807) is 31.0 Å². The standard InChI is InChI=1S/C12H13N3OS/c1-16-11-7-9(8-13)3-4-10(11)15-12-14-5-2-6-17-12/h3-4,7H,2,5-6H2,1H3,(H,14,15). The van der Waals surface area contributed by atoms with E-state index in [0.717, 1.165) is 29.6 Å². The highest BCUT2D eigenvalue weighted by atomic mass is 32.2. The van der Waals surface area contributed by atoms with Gasteiger partial charge in [-0.05, 0) is 18.6 Å². The lowest BCUT2D eigenvalue weighted by Gasteiger charge is -2.15. The minimum Gasteiger partial charge on any atom is -0.495 e. The average Bonchev–Trinajstić information content (AvgIpc) is 2.40. The zero-order valence-electron chi connectivity index (χ0n) is 9.56. The fraction of sp³-hybridized carbons (Fsp3) is 0.333. The van der Waals surface area contributed by atoms with Crippen molar-refractivity contribution in [3.63, 3.8) is 0 Å². The Bertz CT molecular complexity index is 479. The van der Waals surface area contributed by atoms with Crippen LogP contribution >= 0.6 is 11.8 Å². The quantitative estimate of drug-likeness (QED) is 0.872. The molecule has 1 aromatic rings. The van der Waals surface area contributed by atoms with Crippen molar-refractivity contribution >= 4 is 22.6 Å². The van der Waals surface area contributed by atoms with Crippen molar-refractivity contribution in [2.45, 2.75) is 6.42 Å². The SMILES string of the molecule is COc1cc(C#N)ccc1NC1=NCCCS1. The summed E-state index contributed by atoms with van der Waals surface area (Å²) in [5.74, 6) is 1.75. The summed E-state index contributed by atoms with van der Waals surface area (Å²) in [6.07, 6.45) is 1.13. The number of thioether (sulfide) groups is 1. The molecule has 88 valence electrons. The van der Waals surface area contributed by atoms with Gasteiger partial charge in [0, 0.05) is 18.4 Å². The number of methoxy groups -OCH3 is 1. The number of ether oxygens (including phenoxy) is 1. The first-order chi connectivity index (χ1) is 8.33. The number of benzene rings is 1. The number of nitrogens with zero attached hydrogens (tertiary/aromatic N) is 2. The number of aliphatic imine (C=N–C) groups is 1. The molecule has 17 heavy (non-hydrogen) atoms. The maximum atomic E-state index is 8.82. The minimum absolute atomic E-state index is 0.589. The van der Waals surface area contributed by atoms with Gasteiger partial charge in [-0.1, -0.05) is 11.8 Å². The summed E-state index contributed by atoms with van der Waals surface area (Å²) >= 11 is 1.71. The van der Waals surface area contributed by atoms with Crippen LogP contribution in [0, 0.1) is 11.3 Å². The van der Waals surface area contributed by atoms with Crippen LogP contribution in [0.15, 0.2) is 23.2 Å². The van der Waals surface area contributed by atoms with Crippen LogP contribution in [0.2, 0.25) is 0 Å². The van der Waals surface area contributed by atoms with Gasteiger partial charge in [-0.3, -0.25) is 4.99 Å². The second-order valence-electron chi connectivity index (χ2n) is 3.54. The molecule has 0 aliphatic carbocycles. The van der Waals surface area contributed by atoms with E-state index in [1.807, 2.05) is 6.07 Å². The minimum atomic E-state index is 0.589. The van der Waals surface area contributed by atoms with E-state index in [0.29, 0.717) is 11.3 Å². The van der Waals surface area contributed by atoms with Crippen LogP contribution in [-0.2, 0) is 0 Å². The van der Waals surface area contributed by atoms with Crippen LogP contribution < -0.4 is 10.1 Å². The molecule has 0 spiro atoms. The van der Waals surface area contributed by atoms with Gasteiger partial charge in [0.15, 0.2) is 5.17 Å². The van der Waals surface area contributed by atoms with Gasteiger partial charge in [-0.2, -0.15) is 5.26 Å². The zero-order chi connectivity index (χ0) is 12.1. The van der Waals surface area contributed by atoms with Crippen LogP contribution in [0.25, 0.3) is 0 Å². The van der Waals surface area contributed by atoms with Gasteiger partial charge in [0.25, 0.3) is 0 Å². The van der Waals surface area contributed by atoms with E-state index in [1.165, 1.54) is 0 Å². The first-order valence-electron chi connectivity index (χ1n) is 5.36. The molecular formula is C12H13N3OS. The molecule has 0 saturated carbocycles. The third kappa shape index (κ3) is 2.92. The van der Waals surface area contributed by atoms with Crippen LogP contribution in [0.5, 0.6) is 5.75 Å². The molecule has 1 N–H and O–H groups in total. The molecule has 1 heterocycles. The lowest BCUT2D eigenvalue weighted by Crippen LogP contribution is -2.14. The molecule has 1 aliphatic heterocycles. The molecule has 0 fully saturated rings. The highest BCUT2D eigenvalue weighted by molar-refractivity contribution is 8.14. The Hall–Kier alpha value is -1.67. The molecule has 0 unspecified atom stereocenters. The van der Waals surface area contributed by atoms with E-state index >= 15 is 0 Å². The van der Waals surface area contributed by atoms with Crippen LogP contribution in [0.4, 0.5) is 5.69 Å². The summed E-state index contributed by atoms with van der Waals surface area (Å²) in [4.78, 5) is 4.39. The highest BCUT2D eigenvalue weighted by Gasteiger charge is 2.09. The monoisotopic (exact) mass is 247 g/mol. The summed E-state index contributed by atoms with van der Waals surface area (Å²) in [5.41, 5.74) is 1.44. The number of amidine groups is 1. The van der Waals surface area contributed by atoms with Gasteiger partial charge in [-0.25, -0.2) is 0 Å². The number of rotatable bonds is 2. The number of nitrogens with one attached hydrogen (secondary N) is 1. The predicted octanol–water partition coefficient (Wildman–Crippen LogP) is 2.47. The van der Waals surface area contributed by atoms with Crippen molar-refractivity contribution < 1.29 is 4.74 Å². The van der Waals surface area contributed by atoms with E-state index in [9.17, 15) is 0 Å². The molecule has 0 bridgehead atoms. The fourth-order valence-corrected chi connectivity index (χ4v) is 2.35. The topological polar surface area (TPSA) is 57.4 Å². The lowest BCUT2D eigenvalue weighted by molar-refractivity contribution is 0.417. The molecular weight excluding hydrogens is 234 g/mol. The van der Waals surface area contributed by atoms with E-state index in [-0.39, 0.29) is 0 Å². The molecule has 0 aromatic heterocycles. The van der Waals surface area contributed by atoms with Gasteiger partial charge in [0.05, 0.1) is 24.4 Å². The Labute approximate surface area is 105 Å². The number of nitriles is 1. The molecule has 0 saturated heterocycles. The maximum absolute atomic E-state index is 8.82. The summed E-state index contributed by atoms with van der Waals surface area (Å²) in [5, 5.41) is 13.0. The second kappa shape index (κ2) is 5.60. The van der Waals surface area contributed by atoms with Crippen molar-refractivity contribution in [1.82, 2.24) is 0 Å². The highest BCUT2D eigenvalue weighted by Crippen LogP contribution is 2.27. The van der Waals surface area contributed by atoms with Gasteiger partial charge in [0.1, 0.15) is 5.75 Å². The Balaban J connectivity index is 2.20. The van der Waals surface area contributed by atoms with Crippen molar-refractivity contribution in [3.8, 4) is 11.8 Å². The normalized spacial score (nSPS) is 14.7. The third-order valence-electron chi connectivity index (χ3n) is 2.37. The average molecular weight is 247 g/mol. The molecule has 2 rings (SSSR count). The van der Waals surface area contributed by atoms with Gasteiger partial charge in [0.2, 0.25) is 0 Å². The first-order valence-corrected chi connectivity index (χ1v) is 6.34. The van der Waals surface area contributed by atoms with Crippen LogP contribution in [0.1, 0.15) is 12.0 Å². The maximum Gasteiger partial charge on any atom is 0.161 e. The predicted molar refractivity (Wildman–Crippen MR) is 70.7 cm³/mol. The molecule has 4 nitrogen and oxygen atoms in total. The fourth-order valence-electron chi connectivity index (χ4n) is 1.51. The van der Waals surface area contributed by atoms with Crippen LogP contribution in [-0.4, -0.2) is 24.6 Å². The van der Waals surface area contributed by atoms with Gasteiger partial charge >= 0.3 is 0 Å². The molecule has 1 aliphatic rings. The Morgan fingerprint density at radius 1 is 1.53 bits per heavy atom. The molecule has 1 aromatic carbocycles. The smallest absolute Gasteiger partial charge is 0.161 e. The summed E-state index contributed by atoms with van der Waals surface area (Å²) in [6, 6.07) is 7.41.